The van der Waals surface area contributed by atoms with Gasteiger partial charge in [-0.3, -0.25) is 4.79 Å². The minimum absolute atomic E-state index is 0.0423. The summed E-state index contributed by atoms with van der Waals surface area (Å²) < 4.78 is 39.1. The van der Waals surface area contributed by atoms with Crippen LogP contribution in [-0.2, 0) is 6.18 Å². The lowest BCUT2D eigenvalue weighted by Gasteiger charge is -2.22. The lowest BCUT2D eigenvalue weighted by Crippen LogP contribution is -2.33. The SMILES string of the molecule is CCNc1c(C(=O)N(C)CC(C)O)cccc1C(F)(F)F. The number of halogens is 3. The molecule has 0 heterocycles. The predicted molar refractivity (Wildman–Crippen MR) is 74.2 cm³/mol. The molecule has 1 amide bonds. The fourth-order valence-corrected chi connectivity index (χ4v) is 2.02. The van der Waals surface area contributed by atoms with E-state index in [1.807, 2.05) is 0 Å². The monoisotopic (exact) mass is 304 g/mol. The summed E-state index contributed by atoms with van der Waals surface area (Å²) in [6.45, 7) is 3.45. The van der Waals surface area contributed by atoms with Gasteiger partial charge in [-0.1, -0.05) is 6.07 Å². The van der Waals surface area contributed by atoms with Crippen molar-refractivity contribution in [1.82, 2.24) is 4.90 Å². The van der Waals surface area contributed by atoms with Crippen LogP contribution in [0.2, 0.25) is 0 Å². The molecule has 0 aliphatic rings. The van der Waals surface area contributed by atoms with Crippen LogP contribution in [0.5, 0.6) is 0 Å². The smallest absolute Gasteiger partial charge is 0.392 e. The first-order valence-corrected chi connectivity index (χ1v) is 6.56. The Morgan fingerprint density at radius 3 is 2.52 bits per heavy atom. The van der Waals surface area contributed by atoms with Crippen LogP contribution in [0, 0.1) is 0 Å². The zero-order chi connectivity index (χ0) is 16.2. The van der Waals surface area contributed by atoms with E-state index in [2.05, 4.69) is 5.32 Å². The fraction of sp³-hybridized carbons (Fsp3) is 0.500. The number of alkyl halides is 3. The number of hydrogen-bond acceptors (Lipinski definition) is 3. The number of aliphatic hydroxyl groups is 1. The van der Waals surface area contributed by atoms with Crippen molar-refractivity contribution in [3.05, 3.63) is 29.3 Å². The van der Waals surface area contributed by atoms with E-state index < -0.39 is 23.8 Å². The second kappa shape index (κ2) is 6.80. The Morgan fingerprint density at radius 2 is 2.05 bits per heavy atom. The first-order chi connectivity index (χ1) is 9.68. The Kier molecular flexibility index (Phi) is 5.60. The zero-order valence-corrected chi connectivity index (χ0v) is 12.2. The van der Waals surface area contributed by atoms with Gasteiger partial charge in [0.2, 0.25) is 0 Å². The van der Waals surface area contributed by atoms with E-state index >= 15 is 0 Å². The predicted octanol–water partition coefficient (Wildman–Crippen LogP) is 2.59. The van der Waals surface area contributed by atoms with Crippen LogP contribution in [0.1, 0.15) is 29.8 Å². The molecule has 4 nitrogen and oxygen atoms in total. The topological polar surface area (TPSA) is 52.6 Å². The summed E-state index contributed by atoms with van der Waals surface area (Å²) in [6.07, 6.45) is -5.30. The van der Waals surface area contributed by atoms with Gasteiger partial charge < -0.3 is 15.3 Å². The molecule has 0 radical (unpaired) electrons. The summed E-state index contributed by atoms with van der Waals surface area (Å²) >= 11 is 0. The molecule has 0 saturated heterocycles. The molecule has 0 saturated carbocycles. The molecule has 21 heavy (non-hydrogen) atoms. The van der Waals surface area contributed by atoms with Crippen molar-refractivity contribution in [3.63, 3.8) is 0 Å². The van der Waals surface area contributed by atoms with Gasteiger partial charge in [-0.05, 0) is 26.0 Å². The third kappa shape index (κ3) is 4.35. The minimum atomic E-state index is -4.55. The van der Waals surface area contributed by atoms with Crippen LogP contribution in [0.3, 0.4) is 0 Å². The average Bonchev–Trinajstić information content (AvgIpc) is 2.36. The highest BCUT2D eigenvalue weighted by atomic mass is 19.4. The molecular formula is C14H19F3N2O2. The maximum atomic E-state index is 13.0. The Labute approximate surface area is 121 Å². The Hall–Kier alpha value is -1.76. The average molecular weight is 304 g/mol. The molecule has 0 spiro atoms. The van der Waals surface area contributed by atoms with Crippen LogP contribution in [0.25, 0.3) is 0 Å². The van der Waals surface area contributed by atoms with Crippen LogP contribution in [0.4, 0.5) is 18.9 Å². The van der Waals surface area contributed by atoms with E-state index in [1.165, 1.54) is 31.0 Å². The number of benzene rings is 1. The number of nitrogens with zero attached hydrogens (tertiary/aromatic N) is 1. The number of rotatable bonds is 5. The lowest BCUT2D eigenvalue weighted by molar-refractivity contribution is -0.137. The van der Waals surface area contributed by atoms with E-state index in [-0.39, 0.29) is 24.3 Å². The number of aliphatic hydroxyl groups excluding tert-OH is 1. The first kappa shape index (κ1) is 17.3. The minimum Gasteiger partial charge on any atom is -0.392 e. The fourth-order valence-electron chi connectivity index (χ4n) is 2.02. The van der Waals surface area contributed by atoms with E-state index in [0.29, 0.717) is 0 Å². The summed E-state index contributed by atoms with van der Waals surface area (Å²) in [6, 6.07) is 3.48. The van der Waals surface area contributed by atoms with Crippen LogP contribution < -0.4 is 5.32 Å². The second-order valence-electron chi connectivity index (χ2n) is 4.79. The van der Waals surface area contributed by atoms with Crippen molar-refractivity contribution in [2.45, 2.75) is 26.1 Å². The molecule has 0 aliphatic carbocycles. The highest BCUT2D eigenvalue weighted by Crippen LogP contribution is 2.36. The van der Waals surface area contributed by atoms with Crippen LogP contribution in [-0.4, -0.2) is 42.2 Å². The number of likely N-dealkylation sites (N-methyl/N-ethyl adjacent to an activating group) is 1. The van der Waals surface area contributed by atoms with Crippen molar-refractivity contribution in [3.8, 4) is 0 Å². The van der Waals surface area contributed by atoms with Crippen molar-refractivity contribution < 1.29 is 23.1 Å². The van der Waals surface area contributed by atoms with Gasteiger partial charge in [0.1, 0.15) is 0 Å². The van der Waals surface area contributed by atoms with E-state index in [9.17, 15) is 23.1 Å². The van der Waals surface area contributed by atoms with E-state index in [1.54, 1.807) is 6.92 Å². The Morgan fingerprint density at radius 1 is 1.43 bits per heavy atom. The molecule has 1 aromatic rings. The van der Waals surface area contributed by atoms with Gasteiger partial charge in [0.15, 0.2) is 0 Å². The first-order valence-electron chi connectivity index (χ1n) is 6.56. The molecule has 1 atom stereocenters. The molecule has 118 valence electrons. The summed E-state index contributed by atoms with van der Waals surface area (Å²) in [5, 5.41) is 11.9. The summed E-state index contributed by atoms with van der Waals surface area (Å²) in [5.41, 5.74) is -1.16. The number of para-hydroxylation sites is 1. The third-order valence-electron chi connectivity index (χ3n) is 2.84. The molecule has 0 aliphatic heterocycles. The van der Waals surface area contributed by atoms with Crippen LogP contribution in [0.15, 0.2) is 18.2 Å². The molecule has 0 fully saturated rings. The number of hydrogen-bond donors (Lipinski definition) is 2. The summed E-state index contributed by atoms with van der Waals surface area (Å²) in [7, 11) is 1.44. The van der Waals surface area contributed by atoms with Gasteiger partial charge in [0.25, 0.3) is 5.91 Å². The van der Waals surface area contributed by atoms with Crippen molar-refractivity contribution >= 4 is 11.6 Å². The molecule has 7 heteroatoms. The quantitative estimate of drug-likeness (QED) is 0.879. The molecular weight excluding hydrogens is 285 g/mol. The summed E-state index contributed by atoms with van der Waals surface area (Å²) in [4.78, 5) is 13.5. The van der Waals surface area contributed by atoms with Gasteiger partial charge in [-0.2, -0.15) is 13.2 Å². The number of anilines is 1. The standard InChI is InChI=1S/C14H19F3N2O2/c1-4-18-12-10(13(21)19(3)8-9(2)20)6-5-7-11(12)14(15,16)17/h5-7,9,18,20H,4,8H2,1-3H3. The largest absolute Gasteiger partial charge is 0.418 e. The highest BCUT2D eigenvalue weighted by Gasteiger charge is 2.35. The molecule has 1 unspecified atom stereocenters. The van der Waals surface area contributed by atoms with Crippen molar-refractivity contribution in [2.75, 3.05) is 25.5 Å². The number of amides is 1. The van der Waals surface area contributed by atoms with E-state index in [0.717, 1.165) is 6.07 Å². The normalized spacial score (nSPS) is 12.9. The lowest BCUT2D eigenvalue weighted by atomic mass is 10.0. The van der Waals surface area contributed by atoms with Gasteiger partial charge in [-0.15, -0.1) is 0 Å². The Balaban J connectivity index is 3.26. The number of carbonyl (C=O) groups excluding carboxylic acids is 1. The molecule has 1 aromatic carbocycles. The number of nitrogens with one attached hydrogen (secondary N) is 1. The second-order valence-corrected chi connectivity index (χ2v) is 4.79. The molecule has 1 rings (SSSR count). The maximum absolute atomic E-state index is 13.0. The van der Waals surface area contributed by atoms with Crippen molar-refractivity contribution in [2.24, 2.45) is 0 Å². The third-order valence-corrected chi connectivity index (χ3v) is 2.84. The Bertz CT molecular complexity index is 501. The van der Waals surface area contributed by atoms with Crippen LogP contribution >= 0.6 is 0 Å². The molecule has 2 N–H and O–H groups in total. The van der Waals surface area contributed by atoms with Gasteiger partial charge in [0.05, 0.1) is 22.9 Å². The van der Waals surface area contributed by atoms with Gasteiger partial charge in [0, 0.05) is 20.1 Å². The maximum Gasteiger partial charge on any atom is 0.418 e. The molecule has 0 aromatic heterocycles. The zero-order valence-electron chi connectivity index (χ0n) is 12.2. The summed E-state index contributed by atoms with van der Waals surface area (Å²) in [5.74, 6) is -0.571. The van der Waals surface area contributed by atoms with Gasteiger partial charge >= 0.3 is 6.18 Å². The van der Waals surface area contributed by atoms with Crippen molar-refractivity contribution in [1.29, 1.82) is 0 Å². The van der Waals surface area contributed by atoms with Gasteiger partial charge in [-0.25, -0.2) is 0 Å². The van der Waals surface area contributed by atoms with E-state index in [4.69, 9.17) is 0 Å². The number of carbonyl (C=O) groups is 1. The highest BCUT2D eigenvalue weighted by molar-refractivity contribution is 6.00. The molecule has 0 bridgehead atoms.